The Kier molecular flexibility index (Phi) is 5.74. The van der Waals surface area contributed by atoms with Crippen molar-refractivity contribution >= 4 is 23.4 Å². The van der Waals surface area contributed by atoms with Crippen molar-refractivity contribution in [2.75, 3.05) is 30.4 Å². The Morgan fingerprint density at radius 1 is 1.25 bits per heavy atom. The van der Waals surface area contributed by atoms with E-state index in [2.05, 4.69) is 5.32 Å². The van der Waals surface area contributed by atoms with Crippen LogP contribution in [-0.4, -0.2) is 31.2 Å². The lowest BCUT2D eigenvalue weighted by Crippen LogP contribution is -2.34. The Morgan fingerprint density at radius 2 is 1.96 bits per heavy atom. The van der Waals surface area contributed by atoms with Gasteiger partial charge in [0.25, 0.3) is 0 Å². The van der Waals surface area contributed by atoms with Crippen LogP contribution in [0, 0.1) is 5.92 Å². The minimum atomic E-state index is -4.38. The van der Waals surface area contributed by atoms with Gasteiger partial charge in [0, 0.05) is 43.6 Å². The number of anilines is 2. The zero-order valence-corrected chi connectivity index (χ0v) is 15.3. The van der Waals surface area contributed by atoms with Crippen molar-refractivity contribution in [2.45, 2.75) is 12.6 Å². The maximum absolute atomic E-state index is 12.6. The van der Waals surface area contributed by atoms with E-state index < -0.39 is 11.7 Å². The monoisotopic (exact) mass is 390 g/mol. The predicted octanol–water partition coefficient (Wildman–Crippen LogP) is 3.96. The Bertz CT molecular complexity index is 876. The van der Waals surface area contributed by atoms with Crippen molar-refractivity contribution in [1.29, 1.82) is 0 Å². The molecule has 0 radical (unpaired) electrons. The van der Waals surface area contributed by atoms with E-state index in [0.717, 1.165) is 36.3 Å². The van der Waals surface area contributed by atoms with Crippen molar-refractivity contribution in [2.24, 2.45) is 5.92 Å². The smallest absolute Gasteiger partial charge is 0.396 e. The van der Waals surface area contributed by atoms with Gasteiger partial charge in [-0.05, 0) is 47.9 Å². The van der Waals surface area contributed by atoms with E-state index in [1.54, 1.807) is 6.07 Å². The molecule has 1 atom stereocenters. The fraction of sp³-hybridized carbons (Fsp3) is 0.286. The molecule has 0 saturated heterocycles. The number of alkyl halides is 3. The van der Waals surface area contributed by atoms with Gasteiger partial charge in [-0.1, -0.05) is 18.2 Å². The van der Waals surface area contributed by atoms with Gasteiger partial charge in [-0.2, -0.15) is 13.2 Å². The highest BCUT2D eigenvalue weighted by Crippen LogP contribution is 2.31. The average Bonchev–Trinajstić information content (AvgIpc) is 2.66. The zero-order chi connectivity index (χ0) is 20.3. The molecule has 3 rings (SSSR count). The molecular formula is C21H21F3N2O2. The highest BCUT2D eigenvalue weighted by Gasteiger charge is 2.29. The molecule has 1 amide bonds. The second-order valence-electron chi connectivity index (χ2n) is 6.92. The van der Waals surface area contributed by atoms with Crippen molar-refractivity contribution in [3.8, 4) is 0 Å². The number of aliphatic hydroxyl groups excluding tert-OH is 1. The third-order valence-electron chi connectivity index (χ3n) is 4.73. The van der Waals surface area contributed by atoms with Gasteiger partial charge in [0.2, 0.25) is 5.91 Å². The highest BCUT2D eigenvalue weighted by atomic mass is 19.4. The van der Waals surface area contributed by atoms with Gasteiger partial charge in [-0.25, -0.2) is 0 Å². The predicted molar refractivity (Wildman–Crippen MR) is 103 cm³/mol. The number of aliphatic hydroxyl groups is 1. The lowest BCUT2D eigenvalue weighted by atomic mass is 9.93. The average molecular weight is 390 g/mol. The van der Waals surface area contributed by atoms with E-state index in [-0.39, 0.29) is 18.4 Å². The molecule has 0 bridgehead atoms. The maximum Gasteiger partial charge on any atom is 0.416 e. The fourth-order valence-corrected chi connectivity index (χ4v) is 3.29. The van der Waals surface area contributed by atoms with E-state index in [1.807, 2.05) is 24.1 Å². The van der Waals surface area contributed by atoms with Crippen LogP contribution in [0.1, 0.15) is 16.7 Å². The summed E-state index contributed by atoms with van der Waals surface area (Å²) in [5.74, 6) is -0.170. The molecule has 2 N–H and O–H groups in total. The first kappa shape index (κ1) is 19.9. The molecule has 1 unspecified atom stereocenters. The summed E-state index contributed by atoms with van der Waals surface area (Å²) in [6, 6.07) is 10.2. The summed E-state index contributed by atoms with van der Waals surface area (Å²) in [7, 11) is 1.94. The number of nitrogens with zero attached hydrogens (tertiary/aromatic N) is 1. The number of fused-ring (bicyclic) bond motifs is 1. The van der Waals surface area contributed by atoms with Gasteiger partial charge in [-0.15, -0.1) is 0 Å². The van der Waals surface area contributed by atoms with Crippen LogP contribution < -0.4 is 10.2 Å². The molecule has 28 heavy (non-hydrogen) atoms. The number of carbonyl (C=O) groups is 1. The normalized spacial score (nSPS) is 16.9. The molecule has 1 aliphatic rings. The second kappa shape index (κ2) is 8.06. The van der Waals surface area contributed by atoms with Crippen LogP contribution in [0.2, 0.25) is 0 Å². The molecular weight excluding hydrogens is 369 g/mol. The molecule has 0 fully saturated rings. The van der Waals surface area contributed by atoms with Crippen LogP contribution in [-0.2, 0) is 17.4 Å². The molecule has 2 aromatic rings. The van der Waals surface area contributed by atoms with Gasteiger partial charge in [0.1, 0.15) is 0 Å². The highest BCUT2D eigenvalue weighted by molar-refractivity contribution is 6.02. The van der Waals surface area contributed by atoms with Gasteiger partial charge in [0.05, 0.1) is 5.56 Å². The van der Waals surface area contributed by atoms with Gasteiger partial charge < -0.3 is 15.3 Å². The minimum Gasteiger partial charge on any atom is -0.396 e. The van der Waals surface area contributed by atoms with Crippen LogP contribution in [0.15, 0.2) is 48.5 Å². The van der Waals surface area contributed by atoms with E-state index in [9.17, 15) is 23.1 Å². The topological polar surface area (TPSA) is 52.6 Å². The molecule has 7 heteroatoms. The molecule has 0 aliphatic carbocycles. The van der Waals surface area contributed by atoms with Gasteiger partial charge in [0.15, 0.2) is 0 Å². The summed E-state index contributed by atoms with van der Waals surface area (Å²) < 4.78 is 37.7. The molecule has 4 nitrogen and oxygen atoms in total. The number of amides is 1. The standard InChI is InChI=1S/C21H21F3N2O2/c1-26-12-15(13-27)10-16-5-8-18(11-19(16)26)25-20(28)9-4-14-2-6-17(7-3-14)21(22,23)24/h2-9,11,15,27H,10,12-13H2,1H3,(H,25,28). The summed E-state index contributed by atoms with van der Waals surface area (Å²) in [6.07, 6.45) is -0.839. The van der Waals surface area contributed by atoms with Crippen LogP contribution in [0.25, 0.3) is 6.08 Å². The molecule has 1 aliphatic heterocycles. The maximum atomic E-state index is 12.6. The van der Waals surface area contributed by atoms with E-state index in [1.165, 1.54) is 24.3 Å². The molecule has 0 aromatic heterocycles. The first-order valence-electron chi connectivity index (χ1n) is 8.87. The summed E-state index contributed by atoms with van der Waals surface area (Å²) in [5, 5.41) is 12.1. The molecule has 2 aromatic carbocycles. The zero-order valence-electron chi connectivity index (χ0n) is 15.3. The Morgan fingerprint density at radius 3 is 2.61 bits per heavy atom. The number of carbonyl (C=O) groups excluding carboxylic acids is 1. The van der Waals surface area contributed by atoms with E-state index in [4.69, 9.17) is 0 Å². The second-order valence-corrected chi connectivity index (χ2v) is 6.92. The molecule has 148 valence electrons. The van der Waals surface area contributed by atoms with E-state index in [0.29, 0.717) is 11.3 Å². The third kappa shape index (κ3) is 4.72. The van der Waals surface area contributed by atoms with Crippen molar-refractivity contribution in [1.82, 2.24) is 0 Å². The Hall–Kier alpha value is -2.80. The van der Waals surface area contributed by atoms with Gasteiger partial charge >= 0.3 is 6.18 Å². The number of hydrogen-bond acceptors (Lipinski definition) is 3. The number of nitrogens with one attached hydrogen (secondary N) is 1. The van der Waals surface area contributed by atoms with Gasteiger partial charge in [-0.3, -0.25) is 4.79 Å². The number of hydrogen-bond donors (Lipinski definition) is 2. The lowest BCUT2D eigenvalue weighted by Gasteiger charge is -2.33. The Balaban J connectivity index is 1.65. The lowest BCUT2D eigenvalue weighted by molar-refractivity contribution is -0.137. The Labute approximate surface area is 161 Å². The molecule has 0 spiro atoms. The number of halogens is 3. The van der Waals surface area contributed by atoms with E-state index >= 15 is 0 Å². The summed E-state index contributed by atoms with van der Waals surface area (Å²) in [5.41, 5.74) is 2.54. The molecule has 1 heterocycles. The number of rotatable bonds is 4. The summed E-state index contributed by atoms with van der Waals surface area (Å²) in [6.45, 7) is 0.881. The van der Waals surface area contributed by atoms with Crippen molar-refractivity contribution < 1.29 is 23.1 Å². The summed E-state index contributed by atoms with van der Waals surface area (Å²) in [4.78, 5) is 14.2. The quantitative estimate of drug-likeness (QED) is 0.777. The minimum absolute atomic E-state index is 0.136. The SMILES string of the molecule is CN1CC(CO)Cc2ccc(NC(=O)C=Cc3ccc(C(F)(F)F)cc3)cc21. The van der Waals surface area contributed by atoms with Crippen LogP contribution in [0.4, 0.5) is 24.5 Å². The summed E-state index contributed by atoms with van der Waals surface area (Å²) >= 11 is 0. The first-order chi connectivity index (χ1) is 13.3. The van der Waals surface area contributed by atoms with Crippen molar-refractivity contribution in [3.63, 3.8) is 0 Å². The largest absolute Gasteiger partial charge is 0.416 e. The van der Waals surface area contributed by atoms with Crippen molar-refractivity contribution in [3.05, 3.63) is 65.2 Å². The first-order valence-corrected chi connectivity index (χ1v) is 8.87. The van der Waals surface area contributed by atoms with Crippen LogP contribution in [0.3, 0.4) is 0 Å². The van der Waals surface area contributed by atoms with Crippen LogP contribution in [0.5, 0.6) is 0 Å². The van der Waals surface area contributed by atoms with Crippen LogP contribution >= 0.6 is 0 Å². The number of benzene rings is 2. The molecule has 0 saturated carbocycles. The third-order valence-corrected chi connectivity index (χ3v) is 4.73. The fourth-order valence-electron chi connectivity index (χ4n) is 3.29.